The van der Waals surface area contributed by atoms with Gasteiger partial charge in [0.25, 0.3) is 0 Å². The number of rotatable bonds is 2. The van der Waals surface area contributed by atoms with Crippen LogP contribution in [-0.4, -0.2) is 10.1 Å². The molecule has 0 saturated heterocycles. The molecule has 116 valence electrons. The summed E-state index contributed by atoms with van der Waals surface area (Å²) in [5, 5.41) is 10.4. The molecule has 2 N–H and O–H groups in total. The molecule has 0 unspecified atom stereocenters. The average Bonchev–Trinajstić information content (AvgIpc) is 2.61. The van der Waals surface area contributed by atoms with Crippen molar-refractivity contribution in [2.75, 3.05) is 10.6 Å². The van der Waals surface area contributed by atoms with Crippen molar-refractivity contribution in [2.45, 2.75) is 0 Å². The van der Waals surface area contributed by atoms with Crippen LogP contribution in [0.4, 0.5) is 11.4 Å². The second-order valence-corrected chi connectivity index (χ2v) is 5.97. The van der Waals surface area contributed by atoms with E-state index in [1.807, 2.05) is 48.5 Å². The molecule has 24 heavy (non-hydrogen) atoms. The largest absolute Gasteiger partial charge is 0.332 e. The van der Waals surface area contributed by atoms with Crippen molar-refractivity contribution >= 4 is 50.4 Å². The molecule has 0 bridgehead atoms. The summed E-state index contributed by atoms with van der Waals surface area (Å²) < 4.78 is 0. The molecule has 1 aromatic heterocycles. The Bertz CT molecular complexity index is 960. The number of thiocarbonyl (C=S) groups is 1. The summed E-state index contributed by atoms with van der Waals surface area (Å²) in [6, 6.07) is 24.5. The Balaban J connectivity index is 1.52. The minimum Gasteiger partial charge on any atom is -0.332 e. The van der Waals surface area contributed by atoms with Crippen LogP contribution < -0.4 is 10.6 Å². The van der Waals surface area contributed by atoms with E-state index in [2.05, 4.69) is 39.9 Å². The van der Waals surface area contributed by atoms with Gasteiger partial charge in [-0.2, -0.15) is 0 Å². The summed E-state index contributed by atoms with van der Waals surface area (Å²) in [7, 11) is 0. The van der Waals surface area contributed by atoms with E-state index in [9.17, 15) is 0 Å². The predicted molar refractivity (Wildman–Crippen MR) is 106 cm³/mol. The van der Waals surface area contributed by atoms with Crippen molar-refractivity contribution < 1.29 is 0 Å². The Hall–Kier alpha value is -2.98. The lowest BCUT2D eigenvalue weighted by Crippen LogP contribution is -2.19. The second-order valence-electron chi connectivity index (χ2n) is 5.56. The van der Waals surface area contributed by atoms with E-state index >= 15 is 0 Å². The highest BCUT2D eigenvalue weighted by molar-refractivity contribution is 7.80. The van der Waals surface area contributed by atoms with Gasteiger partial charge in [0.2, 0.25) is 0 Å². The van der Waals surface area contributed by atoms with Crippen molar-refractivity contribution in [3.63, 3.8) is 0 Å². The number of benzene rings is 3. The van der Waals surface area contributed by atoms with E-state index in [0.717, 1.165) is 22.3 Å². The van der Waals surface area contributed by atoms with E-state index in [1.54, 1.807) is 6.20 Å². The molecule has 0 saturated carbocycles. The Labute approximate surface area is 145 Å². The van der Waals surface area contributed by atoms with Gasteiger partial charge in [0.05, 0.1) is 17.4 Å². The zero-order valence-electron chi connectivity index (χ0n) is 12.9. The molecule has 0 radical (unpaired) electrons. The molecular formula is C20H15N3S. The van der Waals surface area contributed by atoms with E-state index in [4.69, 9.17) is 12.2 Å². The average molecular weight is 329 g/mol. The number of para-hydroxylation sites is 1. The van der Waals surface area contributed by atoms with E-state index < -0.39 is 0 Å². The van der Waals surface area contributed by atoms with Crippen molar-refractivity contribution in [1.29, 1.82) is 0 Å². The molecule has 3 nitrogen and oxygen atoms in total. The third kappa shape index (κ3) is 3.05. The van der Waals surface area contributed by atoms with E-state index in [1.165, 1.54) is 10.8 Å². The van der Waals surface area contributed by atoms with Crippen LogP contribution in [-0.2, 0) is 0 Å². The second kappa shape index (κ2) is 6.26. The predicted octanol–water partition coefficient (Wildman–Crippen LogP) is 5.20. The maximum Gasteiger partial charge on any atom is 0.175 e. The Morgan fingerprint density at radius 3 is 2.25 bits per heavy atom. The van der Waals surface area contributed by atoms with Gasteiger partial charge in [-0.1, -0.05) is 48.5 Å². The lowest BCUT2D eigenvalue weighted by molar-refractivity contribution is 1.41. The highest BCUT2D eigenvalue weighted by Gasteiger charge is 2.02. The van der Waals surface area contributed by atoms with Gasteiger partial charge in [-0.15, -0.1) is 0 Å². The van der Waals surface area contributed by atoms with Gasteiger partial charge in [-0.3, -0.25) is 4.98 Å². The normalized spacial score (nSPS) is 10.7. The summed E-state index contributed by atoms with van der Waals surface area (Å²) in [4.78, 5) is 4.43. The van der Waals surface area contributed by atoms with Crippen LogP contribution in [0.15, 0.2) is 79.0 Å². The summed E-state index contributed by atoms with van der Waals surface area (Å²) >= 11 is 5.41. The minimum absolute atomic E-state index is 0.544. The van der Waals surface area contributed by atoms with Gasteiger partial charge >= 0.3 is 0 Å². The van der Waals surface area contributed by atoms with Crippen molar-refractivity contribution in [1.82, 2.24) is 4.98 Å². The molecule has 0 atom stereocenters. The maximum atomic E-state index is 5.41. The van der Waals surface area contributed by atoms with Gasteiger partial charge in [0, 0.05) is 11.1 Å². The van der Waals surface area contributed by atoms with Gasteiger partial charge < -0.3 is 10.6 Å². The van der Waals surface area contributed by atoms with Crippen molar-refractivity contribution in [3.8, 4) is 0 Å². The molecule has 0 fully saturated rings. The highest BCUT2D eigenvalue weighted by atomic mass is 32.1. The van der Waals surface area contributed by atoms with Crippen molar-refractivity contribution in [3.05, 3.63) is 79.0 Å². The van der Waals surface area contributed by atoms with Gasteiger partial charge in [0.15, 0.2) is 5.11 Å². The zero-order valence-corrected chi connectivity index (χ0v) is 13.7. The molecule has 4 aromatic rings. The topological polar surface area (TPSA) is 37.0 Å². The lowest BCUT2D eigenvalue weighted by Gasteiger charge is -2.11. The monoisotopic (exact) mass is 329 g/mol. The Morgan fingerprint density at radius 1 is 0.708 bits per heavy atom. The standard InChI is InChI=1S/C20H15N3S/c24-20(22-17-10-9-14-5-1-2-6-15(14)11-17)23-18-12-16-7-3-4-8-19(16)21-13-18/h1-13H,(H2,22,23,24). The van der Waals surface area contributed by atoms with Gasteiger partial charge in [-0.05, 0) is 47.3 Å². The fourth-order valence-corrected chi connectivity index (χ4v) is 2.94. The SMILES string of the molecule is S=C(Nc1ccc2ccccc2c1)Nc1cnc2ccccc2c1. The molecule has 0 aliphatic carbocycles. The van der Waals surface area contributed by atoms with Gasteiger partial charge in [0.1, 0.15) is 0 Å². The molecule has 0 aliphatic rings. The van der Waals surface area contributed by atoms with Crippen LogP contribution in [0.1, 0.15) is 0 Å². The Morgan fingerprint density at radius 2 is 1.38 bits per heavy atom. The summed E-state index contributed by atoms with van der Waals surface area (Å²) in [5.74, 6) is 0. The molecule has 4 rings (SSSR count). The number of nitrogens with zero attached hydrogens (tertiary/aromatic N) is 1. The first-order valence-electron chi connectivity index (χ1n) is 7.69. The van der Waals surface area contributed by atoms with Crippen LogP contribution in [0.3, 0.4) is 0 Å². The fourth-order valence-electron chi connectivity index (χ4n) is 2.70. The number of fused-ring (bicyclic) bond motifs is 2. The minimum atomic E-state index is 0.544. The number of nitrogens with one attached hydrogen (secondary N) is 2. The van der Waals surface area contributed by atoms with Crippen LogP contribution in [0.5, 0.6) is 0 Å². The first kappa shape index (κ1) is 14.6. The number of pyridine rings is 1. The quantitative estimate of drug-likeness (QED) is 0.496. The van der Waals surface area contributed by atoms with Crippen LogP contribution in [0.2, 0.25) is 0 Å². The summed E-state index contributed by atoms with van der Waals surface area (Å²) in [5.41, 5.74) is 2.79. The molecular weight excluding hydrogens is 314 g/mol. The number of aromatic nitrogens is 1. The Kier molecular flexibility index (Phi) is 3.81. The smallest absolute Gasteiger partial charge is 0.175 e. The van der Waals surface area contributed by atoms with Crippen LogP contribution >= 0.6 is 12.2 Å². The third-order valence-electron chi connectivity index (χ3n) is 3.86. The van der Waals surface area contributed by atoms with Crippen LogP contribution in [0, 0.1) is 0 Å². The van der Waals surface area contributed by atoms with Crippen molar-refractivity contribution in [2.24, 2.45) is 0 Å². The molecule has 0 aliphatic heterocycles. The molecule has 0 spiro atoms. The fraction of sp³-hybridized carbons (Fsp3) is 0. The number of anilines is 2. The van der Waals surface area contributed by atoms with Crippen LogP contribution in [0.25, 0.3) is 21.7 Å². The number of hydrogen-bond donors (Lipinski definition) is 2. The third-order valence-corrected chi connectivity index (χ3v) is 4.06. The summed E-state index contributed by atoms with van der Waals surface area (Å²) in [6.45, 7) is 0. The number of hydrogen-bond acceptors (Lipinski definition) is 2. The molecule has 3 aromatic carbocycles. The van der Waals surface area contributed by atoms with E-state index in [-0.39, 0.29) is 0 Å². The molecule has 1 heterocycles. The summed E-state index contributed by atoms with van der Waals surface area (Å²) in [6.07, 6.45) is 1.79. The molecule has 4 heteroatoms. The van der Waals surface area contributed by atoms with E-state index in [0.29, 0.717) is 5.11 Å². The van der Waals surface area contributed by atoms with Gasteiger partial charge in [-0.25, -0.2) is 0 Å². The first-order valence-corrected chi connectivity index (χ1v) is 8.10. The first-order chi connectivity index (χ1) is 11.8. The highest BCUT2D eigenvalue weighted by Crippen LogP contribution is 2.20. The zero-order chi connectivity index (χ0) is 16.4. The lowest BCUT2D eigenvalue weighted by atomic mass is 10.1. The molecule has 0 amide bonds. The maximum absolute atomic E-state index is 5.41.